The number of nitrogens with one attached hydrogen (secondary N) is 2. The van der Waals surface area contributed by atoms with Gasteiger partial charge in [0.25, 0.3) is 0 Å². The lowest BCUT2D eigenvalue weighted by Gasteiger charge is -2.14. The average Bonchev–Trinajstić information content (AvgIpc) is 2.45. The van der Waals surface area contributed by atoms with Gasteiger partial charge in [-0.15, -0.1) is 0 Å². The minimum absolute atomic E-state index is 0.609. The van der Waals surface area contributed by atoms with Crippen molar-refractivity contribution in [2.75, 3.05) is 24.3 Å². The van der Waals surface area contributed by atoms with Crippen molar-refractivity contribution in [1.82, 2.24) is 9.97 Å². The SMILES string of the molecule is CCNc1ncnc(Nc2cc(C)c(Br)c(C)c2)c1OC. The van der Waals surface area contributed by atoms with Crippen molar-refractivity contribution in [3.8, 4) is 5.75 Å². The third kappa shape index (κ3) is 3.44. The van der Waals surface area contributed by atoms with Gasteiger partial charge in [0, 0.05) is 16.7 Å². The molecule has 0 spiro atoms. The first-order valence-corrected chi connectivity index (χ1v) is 7.52. The minimum Gasteiger partial charge on any atom is -0.490 e. The Morgan fingerprint density at radius 1 is 1.14 bits per heavy atom. The number of aromatic nitrogens is 2. The average molecular weight is 351 g/mol. The Kier molecular flexibility index (Phi) is 5.01. The van der Waals surface area contributed by atoms with Crippen LogP contribution >= 0.6 is 15.9 Å². The van der Waals surface area contributed by atoms with E-state index in [0.717, 1.165) is 27.8 Å². The number of nitrogens with zero attached hydrogens (tertiary/aromatic N) is 2. The number of halogens is 1. The standard InChI is InChI=1S/C15H19BrN4O/c1-5-17-14-13(21-4)15(19-8-18-14)20-11-6-9(2)12(16)10(3)7-11/h6-8H,5H2,1-4H3,(H2,17,18,19,20). The summed E-state index contributed by atoms with van der Waals surface area (Å²) in [5, 5.41) is 6.46. The van der Waals surface area contributed by atoms with E-state index in [0.29, 0.717) is 17.4 Å². The van der Waals surface area contributed by atoms with Crippen LogP contribution < -0.4 is 15.4 Å². The largest absolute Gasteiger partial charge is 0.490 e. The van der Waals surface area contributed by atoms with E-state index in [2.05, 4.69) is 62.5 Å². The lowest BCUT2D eigenvalue weighted by atomic mass is 10.1. The third-order valence-corrected chi connectivity index (χ3v) is 4.30. The second-order valence-corrected chi connectivity index (χ2v) is 5.48. The Hall–Kier alpha value is -1.82. The van der Waals surface area contributed by atoms with Crippen LogP contribution in [0.5, 0.6) is 5.75 Å². The molecule has 2 aromatic rings. The van der Waals surface area contributed by atoms with Crippen molar-refractivity contribution < 1.29 is 4.74 Å². The van der Waals surface area contributed by atoms with Gasteiger partial charge in [0.1, 0.15) is 6.33 Å². The van der Waals surface area contributed by atoms with Gasteiger partial charge in [-0.05, 0) is 44.0 Å². The molecule has 5 nitrogen and oxygen atoms in total. The number of ether oxygens (including phenoxy) is 1. The van der Waals surface area contributed by atoms with E-state index >= 15 is 0 Å². The predicted octanol–water partition coefficient (Wildman–Crippen LogP) is 4.04. The summed E-state index contributed by atoms with van der Waals surface area (Å²) >= 11 is 3.57. The van der Waals surface area contributed by atoms with Crippen LogP contribution in [0.2, 0.25) is 0 Å². The van der Waals surface area contributed by atoms with Crippen LogP contribution in [0.25, 0.3) is 0 Å². The van der Waals surface area contributed by atoms with Crippen molar-refractivity contribution in [1.29, 1.82) is 0 Å². The highest BCUT2D eigenvalue weighted by Gasteiger charge is 2.12. The van der Waals surface area contributed by atoms with Gasteiger partial charge >= 0.3 is 0 Å². The molecule has 0 unspecified atom stereocenters. The fraction of sp³-hybridized carbons (Fsp3) is 0.333. The maximum Gasteiger partial charge on any atom is 0.204 e. The molecular weight excluding hydrogens is 332 g/mol. The molecule has 2 N–H and O–H groups in total. The fourth-order valence-electron chi connectivity index (χ4n) is 2.10. The predicted molar refractivity (Wildman–Crippen MR) is 89.6 cm³/mol. The summed E-state index contributed by atoms with van der Waals surface area (Å²) in [6.07, 6.45) is 1.52. The zero-order valence-corrected chi connectivity index (χ0v) is 14.2. The molecule has 0 radical (unpaired) electrons. The van der Waals surface area contributed by atoms with Crippen LogP contribution in [0.4, 0.5) is 17.3 Å². The summed E-state index contributed by atoms with van der Waals surface area (Å²) in [7, 11) is 1.61. The van der Waals surface area contributed by atoms with E-state index in [1.807, 2.05) is 6.92 Å². The van der Waals surface area contributed by atoms with Crippen LogP contribution in [-0.2, 0) is 0 Å². The lowest BCUT2D eigenvalue weighted by molar-refractivity contribution is 0.415. The van der Waals surface area contributed by atoms with Crippen LogP contribution in [0.3, 0.4) is 0 Å². The summed E-state index contributed by atoms with van der Waals surface area (Å²) in [5.41, 5.74) is 3.29. The van der Waals surface area contributed by atoms with Gasteiger partial charge in [0.15, 0.2) is 11.6 Å². The molecule has 0 saturated heterocycles. The lowest BCUT2D eigenvalue weighted by Crippen LogP contribution is -2.06. The van der Waals surface area contributed by atoms with E-state index in [1.165, 1.54) is 6.33 Å². The van der Waals surface area contributed by atoms with Gasteiger partial charge in [-0.2, -0.15) is 0 Å². The van der Waals surface area contributed by atoms with E-state index in [4.69, 9.17) is 4.74 Å². The van der Waals surface area contributed by atoms with E-state index in [1.54, 1.807) is 7.11 Å². The van der Waals surface area contributed by atoms with E-state index < -0.39 is 0 Å². The van der Waals surface area contributed by atoms with Gasteiger partial charge in [0.2, 0.25) is 5.75 Å². The zero-order chi connectivity index (χ0) is 15.4. The number of rotatable bonds is 5. The second-order valence-electron chi connectivity index (χ2n) is 4.68. The molecule has 0 bridgehead atoms. The molecule has 0 aliphatic heterocycles. The van der Waals surface area contributed by atoms with Crippen LogP contribution in [0.15, 0.2) is 22.9 Å². The first-order valence-electron chi connectivity index (χ1n) is 6.73. The Balaban J connectivity index is 2.37. The number of hydrogen-bond donors (Lipinski definition) is 2. The molecule has 1 aromatic heterocycles. The van der Waals surface area contributed by atoms with Crippen LogP contribution in [-0.4, -0.2) is 23.6 Å². The second kappa shape index (κ2) is 6.76. The van der Waals surface area contributed by atoms with Crippen molar-refractivity contribution in [2.24, 2.45) is 0 Å². The Bertz CT molecular complexity index is 623. The molecule has 0 amide bonds. The highest BCUT2D eigenvalue weighted by atomic mass is 79.9. The first kappa shape index (κ1) is 15.6. The molecule has 21 heavy (non-hydrogen) atoms. The summed E-state index contributed by atoms with van der Waals surface area (Å²) in [4.78, 5) is 8.47. The van der Waals surface area contributed by atoms with Crippen LogP contribution in [0.1, 0.15) is 18.1 Å². The van der Waals surface area contributed by atoms with Gasteiger partial charge < -0.3 is 15.4 Å². The normalized spacial score (nSPS) is 10.3. The molecule has 2 rings (SSSR count). The molecule has 1 heterocycles. The Morgan fingerprint density at radius 3 is 2.33 bits per heavy atom. The number of aryl methyl sites for hydroxylation is 2. The van der Waals surface area contributed by atoms with Gasteiger partial charge in [-0.1, -0.05) is 15.9 Å². The maximum absolute atomic E-state index is 5.43. The molecule has 0 fully saturated rings. The van der Waals surface area contributed by atoms with E-state index in [9.17, 15) is 0 Å². The molecule has 0 aliphatic carbocycles. The first-order chi connectivity index (χ1) is 10.1. The quantitative estimate of drug-likeness (QED) is 0.851. The summed E-state index contributed by atoms with van der Waals surface area (Å²) in [6.45, 7) is 6.90. The zero-order valence-electron chi connectivity index (χ0n) is 12.6. The van der Waals surface area contributed by atoms with Crippen molar-refractivity contribution >= 4 is 33.3 Å². The topological polar surface area (TPSA) is 59.1 Å². The number of anilines is 3. The summed E-state index contributed by atoms with van der Waals surface area (Å²) in [5.74, 6) is 1.94. The third-order valence-electron chi connectivity index (χ3n) is 3.05. The van der Waals surface area contributed by atoms with Gasteiger partial charge in [0.05, 0.1) is 7.11 Å². The summed E-state index contributed by atoms with van der Waals surface area (Å²) < 4.78 is 6.55. The monoisotopic (exact) mass is 350 g/mol. The number of hydrogen-bond acceptors (Lipinski definition) is 5. The van der Waals surface area contributed by atoms with Crippen molar-refractivity contribution in [3.05, 3.63) is 34.1 Å². The fourth-order valence-corrected chi connectivity index (χ4v) is 2.33. The molecule has 112 valence electrons. The summed E-state index contributed by atoms with van der Waals surface area (Å²) in [6, 6.07) is 4.12. The maximum atomic E-state index is 5.43. The van der Waals surface area contributed by atoms with Crippen molar-refractivity contribution in [3.63, 3.8) is 0 Å². The molecule has 0 atom stereocenters. The van der Waals surface area contributed by atoms with E-state index in [-0.39, 0.29) is 0 Å². The van der Waals surface area contributed by atoms with Gasteiger partial charge in [-0.3, -0.25) is 0 Å². The van der Waals surface area contributed by atoms with Gasteiger partial charge in [-0.25, -0.2) is 9.97 Å². The molecular formula is C15H19BrN4O. The Labute approximate surface area is 133 Å². The smallest absolute Gasteiger partial charge is 0.204 e. The van der Waals surface area contributed by atoms with Crippen molar-refractivity contribution in [2.45, 2.75) is 20.8 Å². The molecule has 0 aliphatic rings. The highest BCUT2D eigenvalue weighted by Crippen LogP contribution is 2.33. The Morgan fingerprint density at radius 2 is 1.76 bits per heavy atom. The number of methoxy groups -OCH3 is 1. The molecule has 1 aromatic carbocycles. The molecule has 6 heteroatoms. The highest BCUT2D eigenvalue weighted by molar-refractivity contribution is 9.10. The molecule has 0 saturated carbocycles. The number of benzene rings is 1. The van der Waals surface area contributed by atoms with Crippen LogP contribution in [0, 0.1) is 13.8 Å². The minimum atomic E-state index is 0.609.